The molecule has 1 aliphatic rings. The van der Waals surface area contributed by atoms with Gasteiger partial charge in [-0.15, -0.1) is 0 Å². The number of hydrogen-bond donors (Lipinski definition) is 2. The maximum Gasteiger partial charge on any atom is 0.339 e. The molecule has 0 fully saturated rings. The van der Waals surface area contributed by atoms with Crippen molar-refractivity contribution in [3.05, 3.63) is 70.5 Å². The minimum atomic E-state index is -3.99. The number of carbonyl (C=O) groups excluding carboxylic acids is 2. The Balaban J connectivity index is 0.000000735. The number of benzene rings is 2. The van der Waals surface area contributed by atoms with E-state index in [1.807, 2.05) is 0 Å². The van der Waals surface area contributed by atoms with Crippen molar-refractivity contribution in [2.75, 3.05) is 0 Å². The van der Waals surface area contributed by atoms with E-state index >= 15 is 0 Å². The van der Waals surface area contributed by atoms with Crippen LogP contribution in [0.2, 0.25) is 0 Å². The maximum atomic E-state index is 14.5. The zero-order chi connectivity index (χ0) is 22.6. The Morgan fingerprint density at radius 1 is 1.03 bits per heavy atom. The first-order valence-corrected chi connectivity index (χ1v) is 8.82. The van der Waals surface area contributed by atoms with E-state index in [0.717, 1.165) is 16.0 Å². The molecule has 0 bridgehead atoms. The Hall–Kier alpha value is -3.01. The molecule has 30 heavy (non-hydrogen) atoms. The second-order valence-electron chi connectivity index (χ2n) is 6.83. The Bertz CT molecular complexity index is 923. The van der Waals surface area contributed by atoms with Crippen LogP contribution in [-0.2, 0) is 29.1 Å². The molecular formula is C20H20F5N3O2. The number of carbonyl (C=O) groups is 2. The first-order valence-electron chi connectivity index (χ1n) is 8.82. The molecule has 1 unspecified atom stereocenters. The van der Waals surface area contributed by atoms with Crippen LogP contribution >= 0.6 is 0 Å². The summed E-state index contributed by atoms with van der Waals surface area (Å²) in [5, 5.41) is 0. The SMILES string of the molecule is CC(N)=O.NC(Cc1cc(F)c(F)cc1F)C(F)(F)C(=O)N1Cc2ccccc2C1. The third kappa shape index (κ3) is 5.32. The van der Waals surface area contributed by atoms with Crippen LogP contribution in [0.5, 0.6) is 0 Å². The highest BCUT2D eigenvalue weighted by Crippen LogP contribution is 2.30. The van der Waals surface area contributed by atoms with E-state index in [0.29, 0.717) is 6.07 Å². The fourth-order valence-corrected chi connectivity index (χ4v) is 2.93. The Kier molecular flexibility index (Phi) is 7.14. The molecule has 2 aromatic rings. The highest BCUT2D eigenvalue weighted by molar-refractivity contribution is 5.85. The van der Waals surface area contributed by atoms with Gasteiger partial charge in [-0.1, -0.05) is 24.3 Å². The van der Waals surface area contributed by atoms with Gasteiger partial charge in [-0.2, -0.15) is 8.78 Å². The summed E-state index contributed by atoms with van der Waals surface area (Å²) in [7, 11) is 0. The van der Waals surface area contributed by atoms with Crippen LogP contribution in [0.4, 0.5) is 22.0 Å². The van der Waals surface area contributed by atoms with Gasteiger partial charge in [0, 0.05) is 26.1 Å². The van der Waals surface area contributed by atoms with Crippen molar-refractivity contribution >= 4 is 11.8 Å². The van der Waals surface area contributed by atoms with Crippen molar-refractivity contribution in [2.24, 2.45) is 11.5 Å². The summed E-state index contributed by atoms with van der Waals surface area (Å²) in [6.45, 7) is 1.35. The van der Waals surface area contributed by atoms with Crippen molar-refractivity contribution in [2.45, 2.75) is 38.4 Å². The summed E-state index contributed by atoms with van der Waals surface area (Å²) in [4.78, 5) is 22.4. The molecule has 0 aliphatic carbocycles. The number of amides is 2. The molecule has 1 atom stereocenters. The van der Waals surface area contributed by atoms with Crippen LogP contribution in [0.3, 0.4) is 0 Å². The fraction of sp³-hybridized carbons (Fsp3) is 0.300. The summed E-state index contributed by atoms with van der Waals surface area (Å²) in [5.74, 6) is -9.81. The minimum absolute atomic E-state index is 0.0247. The van der Waals surface area contributed by atoms with E-state index < -0.39 is 47.3 Å². The lowest BCUT2D eigenvalue weighted by atomic mass is 9.99. The van der Waals surface area contributed by atoms with E-state index in [9.17, 15) is 31.5 Å². The minimum Gasteiger partial charge on any atom is -0.370 e. The van der Waals surface area contributed by atoms with Crippen molar-refractivity contribution in [1.82, 2.24) is 4.90 Å². The van der Waals surface area contributed by atoms with Crippen LogP contribution in [0.15, 0.2) is 36.4 Å². The molecule has 10 heteroatoms. The average molecular weight is 429 g/mol. The first kappa shape index (κ1) is 23.3. The topological polar surface area (TPSA) is 89.4 Å². The average Bonchev–Trinajstić information content (AvgIpc) is 3.08. The van der Waals surface area contributed by atoms with Crippen molar-refractivity contribution in [3.63, 3.8) is 0 Å². The van der Waals surface area contributed by atoms with Gasteiger partial charge in [-0.05, 0) is 29.2 Å². The van der Waals surface area contributed by atoms with Crippen molar-refractivity contribution in [3.8, 4) is 0 Å². The Morgan fingerprint density at radius 2 is 1.50 bits per heavy atom. The summed E-state index contributed by atoms with van der Waals surface area (Å²) in [6.07, 6.45) is -0.817. The number of fused-ring (bicyclic) bond motifs is 1. The lowest BCUT2D eigenvalue weighted by molar-refractivity contribution is -0.161. The van der Waals surface area contributed by atoms with Gasteiger partial charge in [0.1, 0.15) is 5.82 Å². The third-order valence-corrected chi connectivity index (χ3v) is 4.41. The predicted molar refractivity (Wildman–Crippen MR) is 98.5 cm³/mol. The van der Waals surface area contributed by atoms with Gasteiger partial charge < -0.3 is 16.4 Å². The van der Waals surface area contributed by atoms with E-state index in [1.165, 1.54) is 6.92 Å². The van der Waals surface area contributed by atoms with Crippen LogP contribution in [-0.4, -0.2) is 28.7 Å². The Morgan fingerprint density at radius 3 is 2.00 bits per heavy atom. The molecule has 3 rings (SSSR count). The highest BCUT2D eigenvalue weighted by Gasteiger charge is 2.48. The summed E-state index contributed by atoms with van der Waals surface area (Å²) in [5.41, 5.74) is 10.9. The molecule has 0 aromatic heterocycles. The molecule has 162 valence electrons. The maximum absolute atomic E-state index is 14.5. The molecule has 1 heterocycles. The smallest absolute Gasteiger partial charge is 0.339 e. The van der Waals surface area contributed by atoms with E-state index in [4.69, 9.17) is 5.73 Å². The van der Waals surface area contributed by atoms with Gasteiger partial charge in [-0.3, -0.25) is 9.59 Å². The van der Waals surface area contributed by atoms with Crippen LogP contribution in [0.25, 0.3) is 0 Å². The molecule has 2 amide bonds. The largest absolute Gasteiger partial charge is 0.370 e. The number of nitrogens with two attached hydrogens (primary N) is 2. The van der Waals surface area contributed by atoms with Crippen LogP contribution < -0.4 is 11.5 Å². The van der Waals surface area contributed by atoms with E-state index in [1.54, 1.807) is 24.3 Å². The van der Waals surface area contributed by atoms with E-state index in [2.05, 4.69) is 5.73 Å². The molecule has 0 spiro atoms. The second kappa shape index (κ2) is 9.21. The molecule has 1 aliphatic heterocycles. The zero-order valence-corrected chi connectivity index (χ0v) is 16.0. The van der Waals surface area contributed by atoms with Gasteiger partial charge >= 0.3 is 5.92 Å². The quantitative estimate of drug-likeness (QED) is 0.579. The normalized spacial score (nSPS) is 13.9. The molecule has 0 radical (unpaired) electrons. The highest BCUT2D eigenvalue weighted by atomic mass is 19.3. The van der Waals surface area contributed by atoms with Crippen molar-refractivity contribution in [1.29, 1.82) is 0 Å². The molecule has 5 nitrogen and oxygen atoms in total. The standard InChI is InChI=1S/C18H15F5N2O.C2H5NO/c19-13-7-15(21)14(20)5-12(13)6-16(24)18(22,23)17(26)25-8-10-3-1-2-4-11(10)9-25;1-2(3)4/h1-5,7,16H,6,8-9,24H2;1H3,(H2,3,4). The molecular weight excluding hydrogens is 409 g/mol. The number of nitrogens with zero attached hydrogens (tertiary/aromatic N) is 1. The fourth-order valence-electron chi connectivity index (χ4n) is 2.93. The van der Waals surface area contributed by atoms with Gasteiger partial charge in [0.05, 0.1) is 6.04 Å². The number of primary amides is 1. The van der Waals surface area contributed by atoms with Crippen LogP contribution in [0, 0.1) is 17.5 Å². The number of halogens is 5. The van der Waals surface area contributed by atoms with Gasteiger partial charge in [0.2, 0.25) is 5.91 Å². The number of rotatable bonds is 4. The van der Waals surface area contributed by atoms with Gasteiger partial charge in [0.15, 0.2) is 11.6 Å². The van der Waals surface area contributed by atoms with Gasteiger partial charge in [0.25, 0.3) is 5.91 Å². The molecule has 0 saturated carbocycles. The zero-order valence-electron chi connectivity index (χ0n) is 16.0. The van der Waals surface area contributed by atoms with Crippen LogP contribution in [0.1, 0.15) is 23.6 Å². The number of alkyl halides is 2. The summed E-state index contributed by atoms with van der Waals surface area (Å²) < 4.78 is 68.8. The molecule has 4 N–H and O–H groups in total. The lowest BCUT2D eigenvalue weighted by Gasteiger charge is -2.27. The third-order valence-electron chi connectivity index (χ3n) is 4.41. The second-order valence-corrected chi connectivity index (χ2v) is 6.83. The first-order chi connectivity index (χ1) is 13.9. The number of hydrogen-bond acceptors (Lipinski definition) is 3. The predicted octanol–water partition coefficient (Wildman–Crippen LogP) is 2.64. The summed E-state index contributed by atoms with van der Waals surface area (Å²) >= 11 is 0. The Labute approximate surface area is 169 Å². The molecule has 0 saturated heterocycles. The monoisotopic (exact) mass is 429 g/mol. The lowest BCUT2D eigenvalue weighted by Crippen LogP contribution is -2.53. The van der Waals surface area contributed by atoms with Crippen molar-refractivity contribution < 1.29 is 31.5 Å². The molecule has 2 aromatic carbocycles. The van der Waals surface area contributed by atoms with Gasteiger partial charge in [-0.25, -0.2) is 13.2 Å². The van der Waals surface area contributed by atoms with E-state index in [-0.39, 0.29) is 25.1 Å². The summed E-state index contributed by atoms with van der Waals surface area (Å²) in [6, 6.07) is 5.59.